The molecule has 2 aromatic rings. The Kier molecular flexibility index (Phi) is 4.69. The van der Waals surface area contributed by atoms with Gasteiger partial charge in [-0.3, -0.25) is 0 Å². The molecule has 0 aliphatic carbocycles. The normalized spacial score (nSPS) is 9.91. The molecule has 1 N–H and O–H groups in total. The molecule has 2 rings (SSSR count). The van der Waals surface area contributed by atoms with Crippen molar-refractivity contribution < 1.29 is 13.6 Å². The van der Waals surface area contributed by atoms with Gasteiger partial charge in [0.2, 0.25) is 0 Å². The lowest BCUT2D eigenvalue weighted by molar-refractivity contribution is 0.220. The highest BCUT2D eigenvalue weighted by Crippen LogP contribution is 2.14. The SMILES string of the molecule is CN(Cc1cccc(C#N)c1)C(=O)Nc1ccc(F)c(F)c1. The maximum absolute atomic E-state index is 13.1. The van der Waals surface area contributed by atoms with E-state index in [1.165, 1.54) is 11.0 Å². The topological polar surface area (TPSA) is 56.1 Å². The van der Waals surface area contributed by atoms with Crippen LogP contribution in [0, 0.1) is 23.0 Å². The van der Waals surface area contributed by atoms with E-state index in [1.54, 1.807) is 31.3 Å². The molecule has 22 heavy (non-hydrogen) atoms. The summed E-state index contributed by atoms with van der Waals surface area (Å²) in [5.74, 6) is -2.00. The summed E-state index contributed by atoms with van der Waals surface area (Å²) in [6.07, 6.45) is 0. The van der Waals surface area contributed by atoms with E-state index in [2.05, 4.69) is 5.32 Å². The third-order valence-corrected chi connectivity index (χ3v) is 2.99. The number of anilines is 1. The molecule has 0 radical (unpaired) electrons. The number of benzene rings is 2. The summed E-state index contributed by atoms with van der Waals surface area (Å²) in [6.45, 7) is 0.283. The van der Waals surface area contributed by atoms with Crippen LogP contribution in [0.1, 0.15) is 11.1 Å². The van der Waals surface area contributed by atoms with Crippen LogP contribution in [0.5, 0.6) is 0 Å². The van der Waals surface area contributed by atoms with Crippen LogP contribution in [0.2, 0.25) is 0 Å². The van der Waals surface area contributed by atoms with Crippen LogP contribution >= 0.6 is 0 Å². The Morgan fingerprint density at radius 2 is 2.00 bits per heavy atom. The van der Waals surface area contributed by atoms with Gasteiger partial charge in [-0.2, -0.15) is 5.26 Å². The summed E-state index contributed by atoms with van der Waals surface area (Å²) < 4.78 is 25.9. The van der Waals surface area contributed by atoms with Gasteiger partial charge in [0.05, 0.1) is 11.6 Å². The molecule has 0 spiro atoms. The summed E-state index contributed by atoms with van der Waals surface area (Å²) in [7, 11) is 1.56. The second-order valence-corrected chi connectivity index (χ2v) is 4.73. The van der Waals surface area contributed by atoms with Gasteiger partial charge in [0, 0.05) is 25.3 Å². The third kappa shape index (κ3) is 3.79. The van der Waals surface area contributed by atoms with E-state index in [0.29, 0.717) is 5.56 Å². The molecule has 0 aliphatic heterocycles. The van der Waals surface area contributed by atoms with Crippen molar-refractivity contribution in [3.63, 3.8) is 0 Å². The maximum Gasteiger partial charge on any atom is 0.321 e. The lowest BCUT2D eigenvalue weighted by Gasteiger charge is -2.18. The zero-order valence-corrected chi connectivity index (χ0v) is 11.8. The molecule has 6 heteroatoms. The Morgan fingerprint density at radius 3 is 2.68 bits per heavy atom. The van der Waals surface area contributed by atoms with Crippen molar-refractivity contribution >= 4 is 11.7 Å². The van der Waals surface area contributed by atoms with Gasteiger partial charge in [0.15, 0.2) is 11.6 Å². The van der Waals surface area contributed by atoms with Gasteiger partial charge in [-0.15, -0.1) is 0 Å². The largest absolute Gasteiger partial charge is 0.323 e. The fourth-order valence-electron chi connectivity index (χ4n) is 1.88. The smallest absolute Gasteiger partial charge is 0.321 e. The summed E-state index contributed by atoms with van der Waals surface area (Å²) in [5, 5.41) is 11.3. The Morgan fingerprint density at radius 1 is 1.23 bits per heavy atom. The van der Waals surface area contributed by atoms with Crippen molar-refractivity contribution in [2.24, 2.45) is 0 Å². The van der Waals surface area contributed by atoms with Gasteiger partial charge in [0.25, 0.3) is 0 Å². The number of hydrogen-bond acceptors (Lipinski definition) is 2. The second-order valence-electron chi connectivity index (χ2n) is 4.73. The Hall–Kier alpha value is -2.94. The first-order valence-electron chi connectivity index (χ1n) is 6.46. The first-order valence-corrected chi connectivity index (χ1v) is 6.46. The minimum absolute atomic E-state index is 0.168. The number of halogens is 2. The molecule has 2 aromatic carbocycles. The van der Waals surface area contributed by atoms with Gasteiger partial charge < -0.3 is 10.2 Å². The minimum Gasteiger partial charge on any atom is -0.323 e. The number of amides is 2. The first-order chi connectivity index (χ1) is 10.5. The predicted octanol–water partition coefficient (Wildman–Crippen LogP) is 3.50. The molecule has 0 atom stereocenters. The zero-order chi connectivity index (χ0) is 16.1. The van der Waals surface area contributed by atoms with Gasteiger partial charge in [-0.25, -0.2) is 13.6 Å². The van der Waals surface area contributed by atoms with E-state index in [-0.39, 0.29) is 12.2 Å². The molecule has 0 saturated carbocycles. The number of carbonyl (C=O) groups is 1. The molecular formula is C16H13F2N3O. The minimum atomic E-state index is -1.03. The number of nitrogens with one attached hydrogen (secondary N) is 1. The molecule has 4 nitrogen and oxygen atoms in total. The number of urea groups is 1. The Bertz CT molecular complexity index is 740. The lowest BCUT2D eigenvalue weighted by Crippen LogP contribution is -2.30. The van der Waals surface area contributed by atoms with Gasteiger partial charge in [-0.05, 0) is 29.8 Å². The maximum atomic E-state index is 13.1. The molecule has 0 saturated heterocycles. The van der Waals surface area contributed by atoms with Gasteiger partial charge in [-0.1, -0.05) is 12.1 Å². The van der Waals surface area contributed by atoms with Crippen LogP contribution in [-0.2, 0) is 6.54 Å². The zero-order valence-electron chi connectivity index (χ0n) is 11.8. The molecule has 0 unspecified atom stereocenters. The molecule has 0 heterocycles. The first kappa shape index (κ1) is 15.4. The molecule has 0 fully saturated rings. The number of carbonyl (C=O) groups excluding carboxylic acids is 1. The monoisotopic (exact) mass is 301 g/mol. The summed E-state index contributed by atoms with van der Waals surface area (Å²) >= 11 is 0. The second kappa shape index (κ2) is 6.68. The highest BCUT2D eigenvalue weighted by Gasteiger charge is 2.11. The van der Waals surface area contributed by atoms with Crippen molar-refractivity contribution in [1.29, 1.82) is 5.26 Å². The Balaban J connectivity index is 2.02. The average Bonchev–Trinajstić information content (AvgIpc) is 2.51. The average molecular weight is 301 g/mol. The van der Waals surface area contributed by atoms with Crippen LogP contribution < -0.4 is 5.32 Å². The van der Waals surface area contributed by atoms with E-state index in [0.717, 1.165) is 17.7 Å². The fourth-order valence-corrected chi connectivity index (χ4v) is 1.88. The third-order valence-electron chi connectivity index (χ3n) is 2.99. The standard InChI is InChI=1S/C16H13F2N3O/c1-21(10-12-4-2-3-11(7-12)9-19)16(22)20-13-5-6-14(17)15(18)8-13/h2-8H,10H2,1H3,(H,20,22). The number of rotatable bonds is 3. The molecule has 0 aliphatic rings. The van der Waals surface area contributed by atoms with Crippen LogP contribution in [0.15, 0.2) is 42.5 Å². The van der Waals surface area contributed by atoms with E-state index in [4.69, 9.17) is 5.26 Å². The highest BCUT2D eigenvalue weighted by atomic mass is 19.2. The van der Waals surface area contributed by atoms with Gasteiger partial charge >= 0.3 is 6.03 Å². The van der Waals surface area contributed by atoms with Crippen LogP contribution in [-0.4, -0.2) is 18.0 Å². The predicted molar refractivity (Wildman–Crippen MR) is 78.0 cm³/mol. The molecule has 112 valence electrons. The summed E-state index contributed by atoms with van der Waals surface area (Å²) in [4.78, 5) is 13.4. The van der Waals surface area contributed by atoms with Crippen molar-refractivity contribution in [3.8, 4) is 6.07 Å². The van der Waals surface area contributed by atoms with Crippen LogP contribution in [0.4, 0.5) is 19.3 Å². The van der Waals surface area contributed by atoms with Crippen LogP contribution in [0.3, 0.4) is 0 Å². The molecule has 0 bridgehead atoms. The number of nitriles is 1. The highest BCUT2D eigenvalue weighted by molar-refractivity contribution is 5.89. The van der Waals surface area contributed by atoms with E-state index in [1.807, 2.05) is 6.07 Å². The molecule has 0 aromatic heterocycles. The number of nitrogens with zero attached hydrogens (tertiary/aromatic N) is 2. The van der Waals surface area contributed by atoms with E-state index >= 15 is 0 Å². The Labute approximate surface area is 126 Å². The van der Waals surface area contributed by atoms with E-state index < -0.39 is 17.7 Å². The van der Waals surface area contributed by atoms with Crippen molar-refractivity contribution in [2.45, 2.75) is 6.54 Å². The summed E-state index contributed by atoms with van der Waals surface area (Å²) in [6, 6.07) is 11.6. The van der Waals surface area contributed by atoms with Crippen molar-refractivity contribution in [3.05, 3.63) is 65.2 Å². The summed E-state index contributed by atoms with van der Waals surface area (Å²) in [5.41, 5.74) is 1.47. The molecular weight excluding hydrogens is 288 g/mol. The van der Waals surface area contributed by atoms with Gasteiger partial charge in [0.1, 0.15) is 0 Å². The van der Waals surface area contributed by atoms with Crippen LogP contribution in [0.25, 0.3) is 0 Å². The van der Waals surface area contributed by atoms with Crippen molar-refractivity contribution in [2.75, 3.05) is 12.4 Å². The quantitative estimate of drug-likeness (QED) is 0.943. The van der Waals surface area contributed by atoms with E-state index in [9.17, 15) is 13.6 Å². The lowest BCUT2D eigenvalue weighted by atomic mass is 10.1. The fraction of sp³-hybridized carbons (Fsp3) is 0.125. The van der Waals surface area contributed by atoms with Crippen molar-refractivity contribution in [1.82, 2.24) is 4.90 Å². The molecule has 2 amide bonds. The number of hydrogen-bond donors (Lipinski definition) is 1.